The minimum atomic E-state index is -3.15. The van der Waals surface area contributed by atoms with Gasteiger partial charge in [-0.2, -0.15) is 0 Å². The summed E-state index contributed by atoms with van der Waals surface area (Å²) in [5.74, 6) is 0. The summed E-state index contributed by atoms with van der Waals surface area (Å²) in [6, 6.07) is 3.12. The molecule has 0 saturated carbocycles. The summed E-state index contributed by atoms with van der Waals surface area (Å²) in [6.45, 7) is 0. The molecular formula is C7H5Br3O2S. The maximum absolute atomic E-state index is 11.2. The van der Waals surface area contributed by atoms with Gasteiger partial charge in [-0.3, -0.25) is 0 Å². The molecule has 0 saturated heterocycles. The first kappa shape index (κ1) is 11.7. The van der Waals surface area contributed by atoms with Crippen LogP contribution in [0.1, 0.15) is 0 Å². The van der Waals surface area contributed by atoms with Gasteiger partial charge in [-0.05, 0) is 59.9 Å². The molecule has 2 nitrogen and oxygen atoms in total. The van der Waals surface area contributed by atoms with Gasteiger partial charge in [0.25, 0.3) is 0 Å². The van der Waals surface area contributed by atoms with E-state index in [1.807, 2.05) is 0 Å². The fourth-order valence-corrected chi connectivity index (χ4v) is 3.13. The van der Waals surface area contributed by atoms with E-state index in [2.05, 4.69) is 47.8 Å². The van der Waals surface area contributed by atoms with Crippen LogP contribution in [0.5, 0.6) is 0 Å². The molecule has 0 amide bonds. The average molecular weight is 393 g/mol. The van der Waals surface area contributed by atoms with Gasteiger partial charge in [0.05, 0.1) is 4.90 Å². The quantitative estimate of drug-likeness (QED) is 0.687. The lowest BCUT2D eigenvalue weighted by Crippen LogP contribution is -1.97. The Labute approximate surface area is 102 Å². The summed E-state index contributed by atoms with van der Waals surface area (Å²) < 4.78 is 24.6. The highest BCUT2D eigenvalue weighted by molar-refractivity contribution is 9.14. The predicted octanol–water partition coefficient (Wildman–Crippen LogP) is 3.38. The molecule has 0 N–H and O–H groups in total. The smallest absolute Gasteiger partial charge is 0.175 e. The van der Waals surface area contributed by atoms with Gasteiger partial charge in [0.1, 0.15) is 0 Å². The number of halogens is 3. The molecule has 0 bridgehead atoms. The monoisotopic (exact) mass is 390 g/mol. The average Bonchev–Trinajstić information content (AvgIpc) is 1.97. The van der Waals surface area contributed by atoms with Gasteiger partial charge >= 0.3 is 0 Å². The van der Waals surface area contributed by atoms with E-state index >= 15 is 0 Å². The van der Waals surface area contributed by atoms with Gasteiger partial charge in [-0.15, -0.1) is 0 Å². The molecule has 13 heavy (non-hydrogen) atoms. The van der Waals surface area contributed by atoms with Crippen LogP contribution in [0.15, 0.2) is 30.4 Å². The second-order valence-corrected chi connectivity index (χ2v) is 6.99. The molecule has 0 aliphatic rings. The molecule has 72 valence electrons. The molecule has 6 heteroatoms. The third kappa shape index (κ3) is 2.78. The molecule has 0 aliphatic carbocycles. The number of benzene rings is 1. The van der Waals surface area contributed by atoms with Crippen molar-refractivity contribution in [3.63, 3.8) is 0 Å². The molecule has 0 radical (unpaired) electrons. The van der Waals surface area contributed by atoms with Crippen molar-refractivity contribution >= 4 is 57.6 Å². The van der Waals surface area contributed by atoms with Crippen molar-refractivity contribution in [2.24, 2.45) is 0 Å². The molecule has 0 aliphatic heterocycles. The third-order valence-corrected chi connectivity index (χ3v) is 5.65. The Morgan fingerprint density at radius 1 is 1.08 bits per heavy atom. The largest absolute Gasteiger partial charge is 0.224 e. The van der Waals surface area contributed by atoms with Crippen molar-refractivity contribution in [1.82, 2.24) is 0 Å². The molecular weight excluding hydrogens is 388 g/mol. The van der Waals surface area contributed by atoms with Crippen molar-refractivity contribution in [1.29, 1.82) is 0 Å². The van der Waals surface area contributed by atoms with Gasteiger partial charge in [-0.1, -0.05) is 0 Å². The number of hydrogen-bond acceptors (Lipinski definition) is 2. The first-order valence-electron chi connectivity index (χ1n) is 3.17. The van der Waals surface area contributed by atoms with Crippen molar-refractivity contribution in [3.05, 3.63) is 25.6 Å². The van der Waals surface area contributed by atoms with Crippen LogP contribution in [0.4, 0.5) is 0 Å². The molecule has 0 unspecified atom stereocenters. The minimum Gasteiger partial charge on any atom is -0.224 e. The Bertz CT molecular complexity index is 416. The molecule has 1 rings (SSSR count). The first-order chi connectivity index (χ1) is 5.82. The normalized spacial score (nSPS) is 11.7. The Balaban J connectivity index is 3.47. The standard InChI is InChI=1S/C7H5Br3O2S/c1-13(11,12)4-2-5(8)7(10)6(9)3-4/h2-3H,1H3. The zero-order valence-corrected chi connectivity index (χ0v) is 12.1. The van der Waals surface area contributed by atoms with Gasteiger partial charge < -0.3 is 0 Å². The number of sulfone groups is 1. The fourth-order valence-electron chi connectivity index (χ4n) is 0.746. The van der Waals surface area contributed by atoms with Crippen molar-refractivity contribution in [2.45, 2.75) is 4.90 Å². The topological polar surface area (TPSA) is 34.1 Å². The predicted molar refractivity (Wildman–Crippen MR) is 62.7 cm³/mol. The highest BCUT2D eigenvalue weighted by Crippen LogP contribution is 2.33. The minimum absolute atomic E-state index is 0.287. The Morgan fingerprint density at radius 3 is 1.77 bits per heavy atom. The van der Waals surface area contributed by atoms with Crippen LogP contribution in [0.3, 0.4) is 0 Å². The maximum Gasteiger partial charge on any atom is 0.175 e. The first-order valence-corrected chi connectivity index (χ1v) is 7.44. The van der Waals surface area contributed by atoms with E-state index in [-0.39, 0.29) is 4.90 Å². The van der Waals surface area contributed by atoms with E-state index < -0.39 is 9.84 Å². The highest BCUT2D eigenvalue weighted by atomic mass is 79.9. The van der Waals surface area contributed by atoms with Crippen LogP contribution < -0.4 is 0 Å². The van der Waals surface area contributed by atoms with Gasteiger partial charge in [0.15, 0.2) is 9.84 Å². The number of hydrogen-bond donors (Lipinski definition) is 0. The van der Waals surface area contributed by atoms with E-state index in [0.29, 0.717) is 8.95 Å². The van der Waals surface area contributed by atoms with Crippen molar-refractivity contribution in [2.75, 3.05) is 6.26 Å². The summed E-state index contributed by atoms with van der Waals surface area (Å²) in [7, 11) is -3.15. The third-order valence-electron chi connectivity index (χ3n) is 1.39. The van der Waals surface area contributed by atoms with Gasteiger partial charge in [0, 0.05) is 19.7 Å². The zero-order chi connectivity index (χ0) is 10.2. The second-order valence-electron chi connectivity index (χ2n) is 2.47. The summed E-state index contributed by atoms with van der Waals surface area (Å²) >= 11 is 9.79. The van der Waals surface area contributed by atoms with E-state index in [0.717, 1.165) is 4.47 Å². The SMILES string of the molecule is CS(=O)(=O)c1cc(Br)c(Br)c(Br)c1. The lowest BCUT2D eigenvalue weighted by Gasteiger charge is -2.03. The molecule has 1 aromatic carbocycles. The van der Waals surface area contributed by atoms with Crippen molar-refractivity contribution < 1.29 is 8.42 Å². The van der Waals surface area contributed by atoms with E-state index in [9.17, 15) is 8.42 Å². The highest BCUT2D eigenvalue weighted by Gasteiger charge is 2.11. The Kier molecular flexibility index (Phi) is 3.60. The van der Waals surface area contributed by atoms with Gasteiger partial charge in [-0.25, -0.2) is 8.42 Å². The lowest BCUT2D eigenvalue weighted by molar-refractivity contribution is 0.601. The van der Waals surface area contributed by atoms with Gasteiger partial charge in [0.2, 0.25) is 0 Å². The van der Waals surface area contributed by atoms with Crippen molar-refractivity contribution in [3.8, 4) is 0 Å². The van der Waals surface area contributed by atoms with Crippen LogP contribution in [0.25, 0.3) is 0 Å². The summed E-state index contributed by atoms with van der Waals surface area (Å²) in [4.78, 5) is 0.287. The molecule has 1 aromatic rings. The summed E-state index contributed by atoms with van der Waals surface area (Å²) in [6.07, 6.45) is 1.18. The Morgan fingerprint density at radius 2 is 1.46 bits per heavy atom. The van der Waals surface area contributed by atoms with E-state index in [1.54, 1.807) is 12.1 Å². The van der Waals surface area contributed by atoms with E-state index in [4.69, 9.17) is 0 Å². The molecule has 0 spiro atoms. The Hall–Kier alpha value is 0.610. The van der Waals surface area contributed by atoms with Crippen LogP contribution in [0.2, 0.25) is 0 Å². The van der Waals surface area contributed by atoms with Crippen LogP contribution in [-0.4, -0.2) is 14.7 Å². The molecule has 0 fully saturated rings. The summed E-state index contributed by atoms with van der Waals surface area (Å²) in [5.41, 5.74) is 0. The fraction of sp³-hybridized carbons (Fsp3) is 0.143. The molecule has 0 heterocycles. The number of rotatable bonds is 1. The molecule has 0 atom stereocenters. The zero-order valence-electron chi connectivity index (χ0n) is 6.51. The maximum atomic E-state index is 11.2. The van der Waals surface area contributed by atoms with E-state index in [1.165, 1.54) is 6.26 Å². The lowest BCUT2D eigenvalue weighted by atomic mass is 10.4. The van der Waals surface area contributed by atoms with Crippen LogP contribution in [-0.2, 0) is 9.84 Å². The van der Waals surface area contributed by atoms with Crippen LogP contribution in [0, 0.1) is 0 Å². The second kappa shape index (κ2) is 4.00. The van der Waals surface area contributed by atoms with Crippen LogP contribution >= 0.6 is 47.8 Å². The summed E-state index contributed by atoms with van der Waals surface area (Å²) in [5, 5.41) is 0. The molecule has 0 aromatic heterocycles.